The molecule has 0 aromatic carbocycles. The van der Waals surface area contributed by atoms with E-state index >= 15 is 0 Å². The van der Waals surface area contributed by atoms with Crippen LogP contribution in [0.15, 0.2) is 0 Å². The van der Waals surface area contributed by atoms with Crippen molar-refractivity contribution in [3.8, 4) is 0 Å². The van der Waals surface area contributed by atoms with E-state index in [2.05, 4.69) is 5.32 Å². The predicted molar refractivity (Wildman–Crippen MR) is 123 cm³/mol. The van der Waals surface area contributed by atoms with E-state index in [1.165, 1.54) is 38.8 Å². The zero-order valence-electron chi connectivity index (χ0n) is 15.3. The number of rotatable bonds is 11. The van der Waals surface area contributed by atoms with E-state index in [0.717, 1.165) is 9.80 Å². The summed E-state index contributed by atoms with van der Waals surface area (Å²) in [5.41, 5.74) is 0. The van der Waals surface area contributed by atoms with Gasteiger partial charge in [0, 0.05) is 13.1 Å². The Hall–Kier alpha value is 3.03. The van der Waals surface area contributed by atoms with Crippen molar-refractivity contribution in [2.75, 3.05) is 52.4 Å². The van der Waals surface area contributed by atoms with Crippen molar-refractivity contribution in [1.29, 1.82) is 0 Å². The molecule has 0 atom stereocenters. The third kappa shape index (κ3) is 33.0. The Morgan fingerprint density at radius 2 is 0.839 bits per heavy atom. The van der Waals surface area contributed by atoms with E-state index in [1.54, 1.807) is 0 Å². The van der Waals surface area contributed by atoms with Crippen molar-refractivity contribution in [3.63, 3.8) is 0 Å². The fraction of sp³-hybridized carbons (Fsp3) is 0.750. The zero-order valence-corrected chi connectivity index (χ0v) is 15.3. The first-order valence-electron chi connectivity index (χ1n) is 8.73. The molecule has 1 fully saturated rings. The molecule has 1 aliphatic heterocycles. The third-order valence-corrected chi connectivity index (χ3v) is 3.63. The van der Waals surface area contributed by atoms with Gasteiger partial charge in [-0.15, -0.1) is 0 Å². The van der Waals surface area contributed by atoms with Gasteiger partial charge < -0.3 is 25.7 Å². The average molecular weight is 520 g/mol. The van der Waals surface area contributed by atoms with Crippen molar-refractivity contribution in [2.24, 2.45) is 0 Å². The van der Waals surface area contributed by atoms with Crippen LogP contribution in [0.25, 0.3) is 0 Å². The Labute approximate surface area is 312 Å². The monoisotopic (exact) mass is 519 g/mol. The van der Waals surface area contributed by atoms with Gasteiger partial charge in [-0.3, -0.25) is 29.0 Å². The van der Waals surface area contributed by atoms with Gasteiger partial charge in [0.25, 0.3) is 0 Å². The molecule has 1 saturated heterocycles. The topological polar surface area (TPSA) is 168 Å². The second kappa shape index (κ2) is 29.3. The van der Waals surface area contributed by atoms with Crippen molar-refractivity contribution in [2.45, 2.75) is 25.7 Å². The summed E-state index contributed by atoms with van der Waals surface area (Å²) in [7, 11) is 0. The second-order valence-corrected chi connectivity index (χ2v) is 6.16. The number of hydrogen-bond donors (Lipinski definition) is 5. The number of carboxylic acids is 4. The molecule has 0 bridgehead atoms. The summed E-state index contributed by atoms with van der Waals surface area (Å²) in [5, 5.41) is 37.8. The Kier molecular flexibility index (Phi) is 41.6. The van der Waals surface area contributed by atoms with Crippen molar-refractivity contribution in [3.05, 3.63) is 0 Å². The molecule has 0 aromatic rings. The summed E-state index contributed by atoms with van der Waals surface area (Å²) < 4.78 is 0. The average Bonchev–Trinajstić information content (AvgIpc) is 2.83. The molecular weight excluding hydrogens is 486 g/mol. The Morgan fingerprint density at radius 3 is 1.06 bits per heavy atom. The summed E-state index contributed by atoms with van der Waals surface area (Å²) in [6, 6.07) is 0. The normalized spacial score (nSPS) is 12.3. The summed E-state index contributed by atoms with van der Waals surface area (Å²) in [4.78, 5) is 44.4. The molecule has 1 rings (SSSR count). The van der Waals surface area contributed by atoms with Crippen molar-refractivity contribution < 1.29 is 39.6 Å². The molecule has 31 heavy (non-hydrogen) atoms. The maximum absolute atomic E-state index is 10.6. The van der Waals surface area contributed by atoms with Crippen LogP contribution >= 0.6 is 0 Å². The Bertz CT molecular complexity index is 420. The number of nitrogens with zero attached hydrogens (tertiary/aromatic N) is 2. The molecule has 0 spiro atoms. The van der Waals surface area contributed by atoms with E-state index in [1.807, 2.05) is 0 Å². The van der Waals surface area contributed by atoms with Crippen LogP contribution in [0.2, 0.25) is 0 Å². The quantitative estimate of drug-likeness (QED) is 0.172. The zero-order chi connectivity index (χ0) is 20.7. The number of carbonyl (C=O) groups is 4. The van der Waals surface area contributed by atoms with E-state index in [4.69, 9.17) is 20.4 Å². The standard InChI is InChI=1S/C10H16N2O8.C6H13N.2K.2Na.4H/c13-7(14)3-11(4-8(15)16)1-2-12(5-9(17)18)6-10(19)20;1-2-4-6-7-5-3-1;;;;;;;;/h1-6H2,(H,13,14)(H,15,16)(H,17,18)(H,19,20);7H,1-6H2;;;;;;;;. The molecule has 0 unspecified atom stereocenters. The molecule has 0 aliphatic carbocycles. The summed E-state index contributed by atoms with van der Waals surface area (Å²) in [6.07, 6.45) is 5.65. The second-order valence-electron chi connectivity index (χ2n) is 6.16. The summed E-state index contributed by atoms with van der Waals surface area (Å²) in [5.74, 6) is -4.91. The molecule has 11 nitrogen and oxygen atoms in total. The van der Waals surface area contributed by atoms with Crippen LogP contribution < -0.4 is 5.32 Å². The van der Waals surface area contributed by atoms with Crippen LogP contribution in [0.4, 0.5) is 0 Å². The number of nitrogens with one attached hydrogen (secondary N) is 1. The Morgan fingerprint density at radius 1 is 0.581 bits per heavy atom. The molecule has 15 heteroatoms. The fourth-order valence-electron chi connectivity index (χ4n) is 2.45. The first kappa shape index (κ1) is 44.1. The Balaban J connectivity index is -0.000000175. The van der Waals surface area contributed by atoms with Gasteiger partial charge in [-0.25, -0.2) is 0 Å². The van der Waals surface area contributed by atoms with Gasteiger partial charge in [0.2, 0.25) is 0 Å². The molecule has 0 aromatic heterocycles. The predicted octanol–water partition coefficient (Wildman–Crippen LogP) is -3.52. The number of carboxylic acid groups (broad SMARTS) is 4. The fourth-order valence-corrected chi connectivity index (χ4v) is 2.45. The van der Waals surface area contributed by atoms with Crippen LogP contribution in [0.5, 0.6) is 0 Å². The van der Waals surface area contributed by atoms with Gasteiger partial charge in [-0.1, -0.05) is 12.8 Å². The van der Waals surface area contributed by atoms with Crippen LogP contribution in [-0.4, -0.2) is 268 Å². The van der Waals surface area contributed by atoms with Crippen LogP contribution in [0, 0.1) is 0 Å². The SMILES string of the molecule is C1CCCNCC1.O=C(O)CN(CCN(CC(=O)O)CC(=O)O)CC(=O)O.[KH].[KH].[NaH].[NaH]. The molecule has 0 radical (unpaired) electrons. The first-order valence-corrected chi connectivity index (χ1v) is 8.73. The van der Waals surface area contributed by atoms with Gasteiger partial charge in [-0.2, -0.15) is 0 Å². The minimum absolute atomic E-state index is 0. The van der Waals surface area contributed by atoms with Gasteiger partial charge in [-0.05, 0) is 25.9 Å². The van der Waals surface area contributed by atoms with Gasteiger partial charge in [0.15, 0.2) is 0 Å². The molecule has 164 valence electrons. The van der Waals surface area contributed by atoms with E-state index in [0.29, 0.717) is 0 Å². The summed E-state index contributed by atoms with van der Waals surface area (Å²) in [6.45, 7) is 0.249. The van der Waals surface area contributed by atoms with Crippen LogP contribution in [0.3, 0.4) is 0 Å². The van der Waals surface area contributed by atoms with Gasteiger partial charge in [0.1, 0.15) is 0 Å². The van der Waals surface area contributed by atoms with Crippen LogP contribution in [0.1, 0.15) is 25.7 Å². The van der Waals surface area contributed by atoms with Crippen molar-refractivity contribution in [1.82, 2.24) is 15.1 Å². The van der Waals surface area contributed by atoms with Crippen LogP contribution in [-0.2, 0) is 19.2 Å². The molecule has 5 N–H and O–H groups in total. The van der Waals surface area contributed by atoms with E-state index in [9.17, 15) is 19.2 Å². The molecule has 0 amide bonds. The molecular formula is C16H33K2N3Na2O8. The van der Waals surface area contributed by atoms with Gasteiger partial charge >= 0.3 is 186 Å². The number of aliphatic carboxylic acids is 4. The van der Waals surface area contributed by atoms with E-state index < -0.39 is 50.1 Å². The maximum atomic E-state index is 10.6. The molecule has 1 aliphatic rings. The van der Waals surface area contributed by atoms with E-state index in [-0.39, 0.29) is 175 Å². The first-order chi connectivity index (χ1) is 12.7. The molecule has 0 saturated carbocycles. The number of hydrogen-bond acceptors (Lipinski definition) is 7. The van der Waals surface area contributed by atoms with Crippen molar-refractivity contribution >= 4 is 186 Å². The molecule has 1 heterocycles. The summed E-state index contributed by atoms with van der Waals surface area (Å²) >= 11 is 0. The minimum atomic E-state index is -1.23. The third-order valence-electron chi connectivity index (χ3n) is 3.63. The van der Waals surface area contributed by atoms with Gasteiger partial charge in [0.05, 0.1) is 26.2 Å².